The van der Waals surface area contributed by atoms with Crippen LogP contribution in [0, 0.1) is 23.7 Å². The van der Waals surface area contributed by atoms with Crippen molar-refractivity contribution in [1.82, 2.24) is 0 Å². The number of carbonyl (C=O) groups excluding carboxylic acids is 1. The Bertz CT molecular complexity index is 292. The first-order valence-electron chi connectivity index (χ1n) is 5.80. The summed E-state index contributed by atoms with van der Waals surface area (Å²) in [5.41, 5.74) is 1.19. The maximum atomic E-state index is 10.9. The highest BCUT2D eigenvalue weighted by Gasteiger charge is 2.12. The molecule has 0 amide bonds. The van der Waals surface area contributed by atoms with Crippen molar-refractivity contribution < 1.29 is 9.53 Å². The van der Waals surface area contributed by atoms with E-state index in [1.165, 1.54) is 5.57 Å². The van der Waals surface area contributed by atoms with Gasteiger partial charge in [-0.25, -0.2) is 4.79 Å². The van der Waals surface area contributed by atoms with Crippen LogP contribution in [0.4, 0.5) is 0 Å². The molecule has 0 heterocycles. The highest BCUT2D eigenvalue weighted by molar-refractivity contribution is 5.88. The first-order valence-corrected chi connectivity index (χ1v) is 5.80. The molecule has 0 fully saturated rings. The van der Waals surface area contributed by atoms with Crippen molar-refractivity contribution in [3.8, 4) is 11.8 Å². The third kappa shape index (κ3) is 6.29. The Labute approximate surface area is 99.1 Å². The molecule has 2 heteroatoms. The molecule has 0 saturated carbocycles. The van der Waals surface area contributed by atoms with E-state index in [-0.39, 0.29) is 0 Å². The van der Waals surface area contributed by atoms with Gasteiger partial charge in [-0.1, -0.05) is 31.9 Å². The minimum absolute atomic E-state index is 0.383. The molecular formula is C14H22O2. The fourth-order valence-electron chi connectivity index (χ4n) is 1.68. The lowest BCUT2D eigenvalue weighted by Crippen LogP contribution is -2.09. The molecule has 90 valence electrons. The lowest BCUT2D eigenvalue weighted by Gasteiger charge is -2.19. The average molecular weight is 222 g/mol. The van der Waals surface area contributed by atoms with Gasteiger partial charge in [-0.3, -0.25) is 0 Å². The highest BCUT2D eigenvalue weighted by atomic mass is 16.5. The molecule has 0 unspecified atom stereocenters. The fraction of sp³-hybridized carbons (Fsp3) is 0.643. The summed E-state index contributed by atoms with van der Waals surface area (Å²) in [6, 6.07) is 0. The summed E-state index contributed by atoms with van der Waals surface area (Å²) in [5.74, 6) is 5.94. The number of hydrogen-bond donors (Lipinski definition) is 0. The molecule has 16 heavy (non-hydrogen) atoms. The maximum absolute atomic E-state index is 10.9. The van der Waals surface area contributed by atoms with E-state index in [1.807, 2.05) is 6.92 Å². The smallest absolute Gasteiger partial charge is 0.384 e. The van der Waals surface area contributed by atoms with Crippen molar-refractivity contribution in [2.24, 2.45) is 11.8 Å². The van der Waals surface area contributed by atoms with Crippen molar-refractivity contribution in [3.63, 3.8) is 0 Å². The normalized spacial score (nSPS) is 11.6. The van der Waals surface area contributed by atoms with Crippen LogP contribution in [0.3, 0.4) is 0 Å². The predicted molar refractivity (Wildman–Crippen MR) is 66.8 cm³/mol. The first kappa shape index (κ1) is 14.8. The molecule has 0 saturated heterocycles. The number of rotatable bonds is 5. The Kier molecular flexibility index (Phi) is 7.37. The summed E-state index contributed by atoms with van der Waals surface area (Å²) in [7, 11) is 0. The van der Waals surface area contributed by atoms with Gasteiger partial charge in [0.2, 0.25) is 0 Å². The van der Waals surface area contributed by atoms with Crippen LogP contribution < -0.4 is 0 Å². The molecule has 0 aromatic heterocycles. The monoisotopic (exact) mass is 222 g/mol. The zero-order chi connectivity index (χ0) is 12.6. The average Bonchev–Trinajstić information content (AvgIpc) is 2.16. The molecule has 1 atom stereocenters. The van der Waals surface area contributed by atoms with Crippen molar-refractivity contribution in [2.45, 2.75) is 40.5 Å². The number of ether oxygens (including phenoxy) is 1. The van der Waals surface area contributed by atoms with Gasteiger partial charge >= 0.3 is 5.97 Å². The molecule has 0 aromatic rings. The topological polar surface area (TPSA) is 26.3 Å². The van der Waals surface area contributed by atoms with E-state index in [0.717, 1.165) is 6.42 Å². The summed E-state index contributed by atoms with van der Waals surface area (Å²) >= 11 is 0. The lowest BCUT2D eigenvalue weighted by molar-refractivity contribution is -0.136. The summed E-state index contributed by atoms with van der Waals surface area (Å²) < 4.78 is 4.71. The van der Waals surface area contributed by atoms with E-state index in [4.69, 9.17) is 4.74 Å². The molecule has 0 N–H and O–H groups in total. The van der Waals surface area contributed by atoms with E-state index in [9.17, 15) is 4.79 Å². The Morgan fingerprint density at radius 2 is 2.06 bits per heavy atom. The zero-order valence-corrected chi connectivity index (χ0v) is 10.8. The second-order valence-corrected chi connectivity index (χ2v) is 4.26. The van der Waals surface area contributed by atoms with Gasteiger partial charge in [-0.05, 0) is 32.1 Å². The Hall–Kier alpha value is -1.23. The SMILES string of the molecule is C=C(C)[C@H](CCC#CC(=O)OCC)C(C)C. The van der Waals surface area contributed by atoms with Crippen LogP contribution in [-0.4, -0.2) is 12.6 Å². The van der Waals surface area contributed by atoms with Crippen molar-refractivity contribution in [2.75, 3.05) is 6.61 Å². The Balaban J connectivity index is 4.04. The zero-order valence-electron chi connectivity index (χ0n) is 10.8. The van der Waals surface area contributed by atoms with E-state index >= 15 is 0 Å². The van der Waals surface area contributed by atoms with Crippen molar-refractivity contribution >= 4 is 5.97 Å². The van der Waals surface area contributed by atoms with Gasteiger partial charge in [0.15, 0.2) is 0 Å². The van der Waals surface area contributed by atoms with Gasteiger partial charge in [-0.15, -0.1) is 0 Å². The van der Waals surface area contributed by atoms with E-state index < -0.39 is 5.97 Å². The summed E-state index contributed by atoms with van der Waals surface area (Å²) in [5, 5.41) is 0. The summed E-state index contributed by atoms with van der Waals surface area (Å²) in [4.78, 5) is 10.9. The Morgan fingerprint density at radius 3 is 2.50 bits per heavy atom. The van der Waals surface area contributed by atoms with Crippen molar-refractivity contribution in [1.29, 1.82) is 0 Å². The molecule has 0 rings (SSSR count). The van der Waals surface area contributed by atoms with Gasteiger partial charge in [0, 0.05) is 12.3 Å². The minimum atomic E-state index is -0.432. The van der Waals surface area contributed by atoms with Gasteiger partial charge < -0.3 is 4.74 Å². The third-order valence-corrected chi connectivity index (χ3v) is 2.48. The van der Waals surface area contributed by atoms with Crippen LogP contribution in [0.2, 0.25) is 0 Å². The van der Waals surface area contributed by atoms with Crippen LogP contribution in [0.15, 0.2) is 12.2 Å². The summed E-state index contributed by atoms with van der Waals surface area (Å²) in [6.45, 7) is 12.5. The molecule has 0 bridgehead atoms. The number of esters is 1. The largest absolute Gasteiger partial charge is 0.456 e. The van der Waals surface area contributed by atoms with Gasteiger partial charge in [0.1, 0.15) is 0 Å². The summed E-state index contributed by atoms with van der Waals surface area (Å²) in [6.07, 6.45) is 1.67. The van der Waals surface area contributed by atoms with Crippen LogP contribution in [-0.2, 0) is 9.53 Å². The minimum Gasteiger partial charge on any atom is -0.456 e. The fourth-order valence-corrected chi connectivity index (χ4v) is 1.68. The second-order valence-electron chi connectivity index (χ2n) is 4.26. The predicted octanol–water partition coefficient (Wildman–Crippen LogP) is 3.18. The van der Waals surface area contributed by atoms with Crippen molar-refractivity contribution in [3.05, 3.63) is 12.2 Å². The molecule has 0 aliphatic carbocycles. The van der Waals surface area contributed by atoms with Crippen LogP contribution in [0.25, 0.3) is 0 Å². The quantitative estimate of drug-likeness (QED) is 0.309. The van der Waals surface area contributed by atoms with Gasteiger partial charge in [0.05, 0.1) is 6.61 Å². The second kappa shape index (κ2) is 7.98. The lowest BCUT2D eigenvalue weighted by atomic mass is 9.86. The standard InChI is InChI=1S/C14H22O2/c1-6-16-14(15)10-8-7-9-13(11(2)3)12(4)5/h12-13H,2,6-7,9H2,1,3-5H3/t13-/m0/s1. The molecule has 0 aliphatic rings. The molecule has 0 spiro atoms. The van der Waals surface area contributed by atoms with Crippen LogP contribution in [0.1, 0.15) is 40.5 Å². The number of hydrogen-bond acceptors (Lipinski definition) is 2. The van der Waals surface area contributed by atoms with E-state index in [2.05, 4.69) is 32.3 Å². The number of carbonyl (C=O) groups is 1. The molecule has 0 aromatic carbocycles. The molecule has 0 aliphatic heterocycles. The van der Waals surface area contributed by atoms with Gasteiger partial charge in [-0.2, -0.15) is 0 Å². The first-order chi connectivity index (χ1) is 7.49. The van der Waals surface area contributed by atoms with Crippen LogP contribution >= 0.6 is 0 Å². The molecular weight excluding hydrogens is 200 g/mol. The Morgan fingerprint density at radius 1 is 1.44 bits per heavy atom. The van der Waals surface area contributed by atoms with E-state index in [0.29, 0.717) is 24.9 Å². The van der Waals surface area contributed by atoms with E-state index in [1.54, 1.807) is 6.92 Å². The molecule has 2 nitrogen and oxygen atoms in total. The third-order valence-electron chi connectivity index (χ3n) is 2.48. The van der Waals surface area contributed by atoms with Crippen LogP contribution in [0.5, 0.6) is 0 Å². The highest BCUT2D eigenvalue weighted by Crippen LogP contribution is 2.23. The molecule has 0 radical (unpaired) electrons. The number of allylic oxidation sites excluding steroid dienone is 1. The maximum Gasteiger partial charge on any atom is 0.384 e. The van der Waals surface area contributed by atoms with Gasteiger partial charge in [0.25, 0.3) is 0 Å².